The third-order valence-corrected chi connectivity index (χ3v) is 3.65. The van der Waals surface area contributed by atoms with Gasteiger partial charge in [0.1, 0.15) is 5.82 Å². The Hall–Kier alpha value is -1.32. The summed E-state index contributed by atoms with van der Waals surface area (Å²) in [5, 5.41) is 0. The van der Waals surface area contributed by atoms with Gasteiger partial charge in [-0.3, -0.25) is 0 Å². The van der Waals surface area contributed by atoms with Crippen LogP contribution in [-0.4, -0.2) is 6.04 Å². The number of halogens is 1. The second-order valence-corrected chi connectivity index (χ2v) is 5.46. The van der Waals surface area contributed by atoms with Gasteiger partial charge < -0.3 is 5.73 Å². The fourth-order valence-electron chi connectivity index (χ4n) is 1.78. The summed E-state index contributed by atoms with van der Waals surface area (Å²) in [6.45, 7) is 1.99. The zero-order valence-electron chi connectivity index (χ0n) is 10.3. The number of hydrogen-bond donors (Lipinski definition) is 1. The van der Waals surface area contributed by atoms with Crippen LogP contribution in [0.3, 0.4) is 0 Å². The van der Waals surface area contributed by atoms with E-state index in [1.165, 1.54) is 11.6 Å². The van der Waals surface area contributed by atoms with E-state index in [0.717, 1.165) is 16.2 Å². The second-order valence-electron chi connectivity index (χ2n) is 4.35. The van der Waals surface area contributed by atoms with Gasteiger partial charge in [-0.25, -0.2) is 4.39 Å². The fraction of sp³-hybridized carbons (Fsp3) is 0.200. The highest BCUT2D eigenvalue weighted by molar-refractivity contribution is 7.99. The lowest BCUT2D eigenvalue weighted by Crippen LogP contribution is -2.18. The van der Waals surface area contributed by atoms with E-state index >= 15 is 0 Å². The summed E-state index contributed by atoms with van der Waals surface area (Å²) in [7, 11) is 0. The molecule has 0 heterocycles. The predicted octanol–water partition coefficient (Wildman–Crippen LogP) is 3.87. The van der Waals surface area contributed by atoms with Crippen molar-refractivity contribution in [3.05, 3.63) is 59.9 Å². The Labute approximate surface area is 111 Å². The van der Waals surface area contributed by atoms with Crippen LogP contribution in [0.2, 0.25) is 0 Å². The van der Waals surface area contributed by atoms with Crippen molar-refractivity contribution in [3.63, 3.8) is 0 Å². The first-order chi connectivity index (χ1) is 8.65. The molecule has 1 atom stereocenters. The largest absolute Gasteiger partial charge is 0.328 e. The van der Waals surface area contributed by atoms with Crippen LogP contribution in [0.1, 0.15) is 12.5 Å². The molecule has 0 saturated heterocycles. The van der Waals surface area contributed by atoms with Gasteiger partial charge >= 0.3 is 0 Å². The third kappa shape index (κ3) is 3.59. The van der Waals surface area contributed by atoms with E-state index in [9.17, 15) is 4.39 Å². The SMILES string of the molecule is CC(N)Cc1ccccc1Sc1cccc(F)c1. The molecule has 2 aromatic carbocycles. The first-order valence-electron chi connectivity index (χ1n) is 5.92. The lowest BCUT2D eigenvalue weighted by Gasteiger charge is -2.11. The van der Waals surface area contributed by atoms with E-state index in [-0.39, 0.29) is 11.9 Å². The minimum Gasteiger partial charge on any atom is -0.328 e. The monoisotopic (exact) mass is 261 g/mol. The van der Waals surface area contributed by atoms with Gasteiger partial charge in [0.2, 0.25) is 0 Å². The molecule has 2 rings (SSSR count). The molecule has 1 unspecified atom stereocenters. The maximum Gasteiger partial charge on any atom is 0.124 e. The van der Waals surface area contributed by atoms with Gasteiger partial charge in [0.05, 0.1) is 0 Å². The number of benzene rings is 2. The highest BCUT2D eigenvalue weighted by Crippen LogP contribution is 2.31. The summed E-state index contributed by atoms with van der Waals surface area (Å²) >= 11 is 1.57. The van der Waals surface area contributed by atoms with Gasteiger partial charge in [-0.15, -0.1) is 0 Å². The topological polar surface area (TPSA) is 26.0 Å². The Morgan fingerprint density at radius 1 is 1.17 bits per heavy atom. The molecule has 0 fully saturated rings. The lowest BCUT2D eigenvalue weighted by molar-refractivity contribution is 0.624. The van der Waals surface area contributed by atoms with E-state index < -0.39 is 0 Å². The van der Waals surface area contributed by atoms with Crippen molar-refractivity contribution in [2.24, 2.45) is 5.73 Å². The van der Waals surface area contributed by atoms with Crippen molar-refractivity contribution in [1.29, 1.82) is 0 Å². The molecule has 18 heavy (non-hydrogen) atoms. The van der Waals surface area contributed by atoms with Crippen LogP contribution in [-0.2, 0) is 6.42 Å². The highest BCUT2D eigenvalue weighted by atomic mass is 32.2. The molecule has 2 N–H and O–H groups in total. The van der Waals surface area contributed by atoms with E-state index in [1.807, 2.05) is 31.2 Å². The summed E-state index contributed by atoms with van der Waals surface area (Å²) in [5.74, 6) is -0.204. The summed E-state index contributed by atoms with van der Waals surface area (Å²) in [6.07, 6.45) is 0.832. The Bertz CT molecular complexity index is 525. The van der Waals surface area contributed by atoms with Crippen molar-refractivity contribution < 1.29 is 4.39 Å². The van der Waals surface area contributed by atoms with Crippen molar-refractivity contribution in [2.75, 3.05) is 0 Å². The molecule has 0 amide bonds. The molecule has 0 spiro atoms. The summed E-state index contributed by atoms with van der Waals surface area (Å²) in [5.41, 5.74) is 7.05. The Morgan fingerprint density at radius 3 is 2.67 bits per heavy atom. The van der Waals surface area contributed by atoms with Gasteiger partial charge in [0.25, 0.3) is 0 Å². The molecule has 0 aliphatic rings. The molecule has 2 aromatic rings. The molecule has 94 valence electrons. The molecular weight excluding hydrogens is 245 g/mol. The van der Waals surface area contributed by atoms with Gasteiger partial charge in [-0.1, -0.05) is 36.0 Å². The number of hydrogen-bond acceptors (Lipinski definition) is 2. The fourth-order valence-corrected chi connectivity index (χ4v) is 2.78. The summed E-state index contributed by atoms with van der Waals surface area (Å²) < 4.78 is 13.1. The van der Waals surface area contributed by atoms with Crippen molar-refractivity contribution in [1.82, 2.24) is 0 Å². The Morgan fingerprint density at radius 2 is 1.94 bits per heavy atom. The van der Waals surface area contributed by atoms with Crippen molar-refractivity contribution in [2.45, 2.75) is 29.2 Å². The normalized spacial score (nSPS) is 12.4. The smallest absolute Gasteiger partial charge is 0.124 e. The van der Waals surface area contributed by atoms with Crippen LogP contribution in [0.5, 0.6) is 0 Å². The van der Waals surface area contributed by atoms with Crippen LogP contribution in [0, 0.1) is 5.82 Å². The third-order valence-electron chi connectivity index (χ3n) is 2.54. The Kier molecular flexibility index (Phi) is 4.39. The van der Waals surface area contributed by atoms with Crippen LogP contribution in [0.4, 0.5) is 4.39 Å². The molecule has 0 bridgehead atoms. The molecular formula is C15H16FNS. The minimum atomic E-state index is -0.204. The first-order valence-corrected chi connectivity index (χ1v) is 6.73. The molecule has 0 saturated carbocycles. The summed E-state index contributed by atoms with van der Waals surface area (Å²) in [4.78, 5) is 2.05. The molecule has 0 aliphatic heterocycles. The van der Waals surface area contributed by atoms with Gasteiger partial charge in [-0.05, 0) is 43.2 Å². The van der Waals surface area contributed by atoms with Crippen LogP contribution >= 0.6 is 11.8 Å². The minimum absolute atomic E-state index is 0.124. The van der Waals surface area contributed by atoms with Crippen LogP contribution < -0.4 is 5.73 Å². The maximum atomic E-state index is 13.1. The molecule has 0 aliphatic carbocycles. The molecule has 0 aromatic heterocycles. The van der Waals surface area contributed by atoms with Crippen molar-refractivity contribution in [3.8, 4) is 0 Å². The number of nitrogens with two attached hydrogens (primary N) is 1. The number of rotatable bonds is 4. The zero-order chi connectivity index (χ0) is 13.0. The van der Waals surface area contributed by atoms with E-state index in [0.29, 0.717) is 0 Å². The first kappa shape index (κ1) is 13.1. The van der Waals surface area contributed by atoms with E-state index in [4.69, 9.17) is 5.73 Å². The van der Waals surface area contributed by atoms with Gasteiger partial charge in [-0.2, -0.15) is 0 Å². The highest BCUT2D eigenvalue weighted by Gasteiger charge is 2.06. The predicted molar refractivity (Wildman–Crippen MR) is 74.3 cm³/mol. The van der Waals surface area contributed by atoms with Crippen LogP contribution in [0.25, 0.3) is 0 Å². The molecule has 0 radical (unpaired) electrons. The van der Waals surface area contributed by atoms with Crippen molar-refractivity contribution >= 4 is 11.8 Å². The van der Waals surface area contributed by atoms with Gasteiger partial charge in [0, 0.05) is 15.8 Å². The average Bonchev–Trinajstić information content (AvgIpc) is 2.31. The van der Waals surface area contributed by atoms with E-state index in [2.05, 4.69) is 6.07 Å². The zero-order valence-corrected chi connectivity index (χ0v) is 11.1. The van der Waals surface area contributed by atoms with E-state index in [1.54, 1.807) is 23.9 Å². The standard InChI is InChI=1S/C15H16FNS/c1-11(17)9-12-5-2-3-8-15(12)18-14-7-4-6-13(16)10-14/h2-8,10-11H,9,17H2,1H3. The second kappa shape index (κ2) is 6.03. The molecule has 3 heteroatoms. The average molecular weight is 261 g/mol. The maximum absolute atomic E-state index is 13.1. The lowest BCUT2D eigenvalue weighted by atomic mass is 10.1. The van der Waals surface area contributed by atoms with Gasteiger partial charge in [0.15, 0.2) is 0 Å². The quantitative estimate of drug-likeness (QED) is 0.904. The van der Waals surface area contributed by atoms with Crippen LogP contribution in [0.15, 0.2) is 58.3 Å². The summed E-state index contributed by atoms with van der Waals surface area (Å²) in [6, 6.07) is 14.9. The molecule has 1 nitrogen and oxygen atoms in total. The Balaban J connectivity index is 2.23.